The normalized spacial score (nSPS) is 18.0. The van der Waals surface area contributed by atoms with Gasteiger partial charge in [0.1, 0.15) is 0 Å². The van der Waals surface area contributed by atoms with Crippen molar-refractivity contribution in [3.63, 3.8) is 0 Å². The summed E-state index contributed by atoms with van der Waals surface area (Å²) in [7, 11) is 0. The van der Waals surface area contributed by atoms with Gasteiger partial charge in [-0.05, 0) is 59.5 Å². The summed E-state index contributed by atoms with van der Waals surface area (Å²) < 4.78 is 42.3. The van der Waals surface area contributed by atoms with E-state index in [4.69, 9.17) is 11.6 Å². The molecule has 2 unspecified atom stereocenters. The van der Waals surface area contributed by atoms with E-state index in [1.54, 1.807) is 24.5 Å². The van der Waals surface area contributed by atoms with Gasteiger partial charge in [0.15, 0.2) is 11.7 Å². The molecule has 36 heavy (non-hydrogen) atoms. The van der Waals surface area contributed by atoms with Crippen LogP contribution in [-0.4, -0.2) is 37.6 Å². The molecule has 1 aromatic carbocycles. The number of hydrogen-bond acceptors (Lipinski definition) is 4. The molecule has 184 valence electrons. The number of nitrogens with zero attached hydrogens (tertiary/aromatic N) is 5. The number of dihydropyridines is 1. The fraction of sp³-hybridized carbons (Fsp3) is 0.231. The van der Waals surface area contributed by atoms with Crippen molar-refractivity contribution in [3.8, 4) is 22.3 Å². The average molecular weight is 512 g/mol. The minimum absolute atomic E-state index is 0.00440. The molecule has 0 bridgehead atoms. The molecule has 0 fully saturated rings. The number of benzene rings is 1. The average Bonchev–Trinajstić information content (AvgIpc) is 3.15. The second-order valence-corrected chi connectivity index (χ2v) is 9.22. The molecule has 1 aliphatic rings. The Labute approximate surface area is 209 Å². The lowest BCUT2D eigenvalue weighted by molar-refractivity contribution is -0.153. The molecule has 0 radical (unpaired) electrons. The van der Waals surface area contributed by atoms with Crippen LogP contribution in [0.25, 0.3) is 27.9 Å². The molecule has 2 atom stereocenters. The fourth-order valence-corrected chi connectivity index (χ4v) is 4.68. The topological polar surface area (TPSA) is 64.5 Å². The van der Waals surface area contributed by atoms with Gasteiger partial charge in [0.25, 0.3) is 0 Å². The molecule has 10 heteroatoms. The number of halogens is 4. The first kappa shape index (κ1) is 24.0. The molecule has 5 rings (SSSR count). The molecule has 0 spiro atoms. The Morgan fingerprint density at radius 3 is 2.39 bits per heavy atom. The molecule has 0 saturated carbocycles. The fourth-order valence-electron chi connectivity index (χ4n) is 4.55. The Hall–Kier alpha value is -3.72. The number of alkyl halides is 3. The van der Waals surface area contributed by atoms with Gasteiger partial charge in [-0.25, -0.2) is 13.9 Å². The number of aromatic nitrogens is 4. The summed E-state index contributed by atoms with van der Waals surface area (Å²) in [4.78, 5) is 21.2. The lowest BCUT2D eigenvalue weighted by Gasteiger charge is -2.24. The van der Waals surface area contributed by atoms with Crippen molar-refractivity contribution in [1.82, 2.24) is 19.2 Å². The summed E-state index contributed by atoms with van der Waals surface area (Å²) in [5, 5.41) is 5.24. The predicted molar refractivity (Wildman–Crippen MR) is 133 cm³/mol. The lowest BCUT2D eigenvalue weighted by Crippen LogP contribution is -2.35. The number of aryl methyl sites for hydroxylation is 1. The highest BCUT2D eigenvalue weighted by atomic mass is 35.5. The van der Waals surface area contributed by atoms with Crippen molar-refractivity contribution >= 4 is 23.5 Å². The molecular formula is C26H21ClF3N5O. The Morgan fingerprint density at radius 2 is 1.75 bits per heavy atom. The van der Waals surface area contributed by atoms with Crippen molar-refractivity contribution in [2.75, 3.05) is 0 Å². The minimum atomic E-state index is -4.42. The Balaban J connectivity index is 1.66. The van der Waals surface area contributed by atoms with E-state index in [9.17, 15) is 18.0 Å². The summed E-state index contributed by atoms with van der Waals surface area (Å²) in [6.07, 6.45) is 1.58. The van der Waals surface area contributed by atoms with Crippen LogP contribution in [0, 0.1) is 12.8 Å². The number of aliphatic imine (C=N–C) groups is 1. The van der Waals surface area contributed by atoms with E-state index in [0.29, 0.717) is 21.9 Å². The maximum absolute atomic E-state index is 13.4. The third-order valence-electron chi connectivity index (χ3n) is 6.21. The molecule has 4 heterocycles. The SMILES string of the molecule is Cc1cc(-c2ccc(Cl)cc2)c(-c2ccncc2)c2nn(CC3=CC(C)C(C(F)(F)F)N=C3)c(=O)n12. The highest BCUT2D eigenvalue weighted by Gasteiger charge is 2.43. The molecular weight excluding hydrogens is 491 g/mol. The highest BCUT2D eigenvalue weighted by Crippen LogP contribution is 2.36. The maximum Gasteiger partial charge on any atom is 0.411 e. The van der Waals surface area contributed by atoms with Gasteiger partial charge in [0.2, 0.25) is 0 Å². The van der Waals surface area contributed by atoms with E-state index in [1.165, 1.54) is 28.3 Å². The monoisotopic (exact) mass is 511 g/mol. The Bertz CT molecular complexity index is 1550. The van der Waals surface area contributed by atoms with Gasteiger partial charge in [0.05, 0.1) is 6.54 Å². The van der Waals surface area contributed by atoms with Gasteiger partial charge >= 0.3 is 11.9 Å². The van der Waals surface area contributed by atoms with Crippen molar-refractivity contribution in [3.05, 3.63) is 87.7 Å². The third-order valence-corrected chi connectivity index (χ3v) is 6.46. The van der Waals surface area contributed by atoms with Crippen molar-refractivity contribution in [2.24, 2.45) is 10.9 Å². The summed E-state index contributed by atoms with van der Waals surface area (Å²) in [6, 6.07) is 11.2. The van der Waals surface area contributed by atoms with Gasteiger partial charge in [-0.3, -0.25) is 9.98 Å². The number of fused-ring (bicyclic) bond motifs is 1. The molecule has 1 aliphatic heterocycles. The van der Waals surface area contributed by atoms with Crippen LogP contribution in [0.1, 0.15) is 12.6 Å². The zero-order chi connectivity index (χ0) is 25.6. The smallest absolute Gasteiger partial charge is 0.279 e. The van der Waals surface area contributed by atoms with E-state index < -0.39 is 18.1 Å². The van der Waals surface area contributed by atoms with Crippen LogP contribution in [0.15, 0.2) is 76.3 Å². The first-order valence-electron chi connectivity index (χ1n) is 11.2. The molecule has 0 amide bonds. The number of pyridine rings is 2. The first-order chi connectivity index (χ1) is 17.1. The summed E-state index contributed by atoms with van der Waals surface area (Å²) >= 11 is 6.10. The second-order valence-electron chi connectivity index (χ2n) is 8.78. The first-order valence-corrected chi connectivity index (χ1v) is 11.6. The van der Waals surface area contributed by atoms with Gasteiger partial charge in [0, 0.05) is 40.8 Å². The second kappa shape index (κ2) is 9.05. The predicted octanol–water partition coefficient (Wildman–Crippen LogP) is 5.76. The number of rotatable bonds is 4. The molecule has 4 aromatic rings. The third kappa shape index (κ3) is 4.35. The van der Waals surface area contributed by atoms with Crippen LogP contribution < -0.4 is 5.69 Å². The standard InChI is InChI=1S/C26H21ClF3N5O/c1-15-11-17(13-32-23(15)26(28,29)30)14-34-25(36)35-16(2)12-21(18-3-5-20(27)6-4-18)22(24(35)33-34)19-7-9-31-10-8-19/h3-13,15,23H,14H2,1-2H3. The molecule has 0 saturated heterocycles. The minimum Gasteiger partial charge on any atom is -0.279 e. The van der Waals surface area contributed by atoms with E-state index in [-0.39, 0.29) is 12.2 Å². The summed E-state index contributed by atoms with van der Waals surface area (Å²) in [5.41, 5.74) is 4.52. The number of allylic oxidation sites excluding steroid dienone is 1. The highest BCUT2D eigenvalue weighted by molar-refractivity contribution is 6.30. The van der Waals surface area contributed by atoms with Crippen LogP contribution in [0.3, 0.4) is 0 Å². The van der Waals surface area contributed by atoms with Crippen molar-refractivity contribution in [1.29, 1.82) is 0 Å². The van der Waals surface area contributed by atoms with Crippen LogP contribution in [0.2, 0.25) is 5.02 Å². The summed E-state index contributed by atoms with van der Waals surface area (Å²) in [5.74, 6) is -0.844. The van der Waals surface area contributed by atoms with Gasteiger partial charge in [-0.15, -0.1) is 5.10 Å². The van der Waals surface area contributed by atoms with Crippen molar-refractivity contribution < 1.29 is 13.2 Å². The number of hydrogen-bond donors (Lipinski definition) is 0. The molecule has 0 N–H and O–H groups in total. The summed E-state index contributed by atoms with van der Waals surface area (Å²) in [6.45, 7) is 3.28. The maximum atomic E-state index is 13.4. The lowest BCUT2D eigenvalue weighted by atomic mass is 9.95. The largest absolute Gasteiger partial charge is 0.411 e. The Morgan fingerprint density at radius 1 is 1.06 bits per heavy atom. The Kier molecular flexibility index (Phi) is 6.04. The van der Waals surface area contributed by atoms with E-state index in [0.717, 1.165) is 22.3 Å². The van der Waals surface area contributed by atoms with Crippen LogP contribution in [0.5, 0.6) is 0 Å². The van der Waals surface area contributed by atoms with Gasteiger partial charge < -0.3 is 0 Å². The van der Waals surface area contributed by atoms with E-state index in [1.807, 2.05) is 37.3 Å². The van der Waals surface area contributed by atoms with E-state index in [2.05, 4.69) is 15.1 Å². The van der Waals surface area contributed by atoms with Crippen LogP contribution in [-0.2, 0) is 6.54 Å². The van der Waals surface area contributed by atoms with Crippen LogP contribution >= 0.6 is 11.6 Å². The van der Waals surface area contributed by atoms with E-state index >= 15 is 0 Å². The molecule has 0 aliphatic carbocycles. The van der Waals surface area contributed by atoms with Crippen LogP contribution in [0.4, 0.5) is 13.2 Å². The molecule has 3 aromatic heterocycles. The molecule has 6 nitrogen and oxygen atoms in total. The van der Waals surface area contributed by atoms with Crippen molar-refractivity contribution in [2.45, 2.75) is 32.6 Å². The quantitative estimate of drug-likeness (QED) is 0.350. The zero-order valence-corrected chi connectivity index (χ0v) is 20.1. The van der Waals surface area contributed by atoms with Gasteiger partial charge in [-0.2, -0.15) is 13.2 Å². The van der Waals surface area contributed by atoms with Gasteiger partial charge in [-0.1, -0.05) is 36.7 Å². The zero-order valence-electron chi connectivity index (χ0n) is 19.4.